The molecule has 0 saturated carbocycles. The third kappa shape index (κ3) is 42.1. The molecular weight excluding hydrogens is 578 g/mol. The summed E-state index contributed by atoms with van der Waals surface area (Å²) in [6, 6.07) is 0. The van der Waals surface area contributed by atoms with Gasteiger partial charge in [-0.25, -0.2) is 0 Å². The van der Waals surface area contributed by atoms with Crippen LogP contribution in [0, 0.1) is 0 Å². The van der Waals surface area contributed by atoms with Crippen LogP contribution in [0.3, 0.4) is 0 Å². The molecule has 0 amide bonds. The molecule has 0 bridgehead atoms. The topological polar surface area (TPSA) is 39.7 Å². The Hall–Kier alpha value is 0.130. The highest BCUT2D eigenvalue weighted by Gasteiger charge is 2.10. The lowest BCUT2D eigenvalue weighted by molar-refractivity contribution is -0.0611. The van der Waals surface area contributed by atoms with Crippen LogP contribution in [0.4, 0.5) is 0 Å². The highest BCUT2D eigenvalue weighted by Crippen LogP contribution is 2.14. The first-order chi connectivity index (χ1) is 21.8. The van der Waals surface area contributed by atoms with Crippen LogP contribution in [0.2, 0.25) is 0 Å². The summed E-state index contributed by atoms with van der Waals surface area (Å²) in [7, 11) is 0. The fourth-order valence-electron chi connectivity index (χ4n) is 6.00. The van der Waals surface area contributed by atoms with Gasteiger partial charge < -0.3 is 19.5 Å². The van der Waals surface area contributed by atoms with Crippen LogP contribution in [-0.4, -0.2) is 52.2 Å². The van der Waals surface area contributed by atoms with Gasteiger partial charge in [0.2, 0.25) is 0 Å². The van der Waals surface area contributed by atoms with Crippen LogP contribution in [0.1, 0.15) is 207 Å². The van der Waals surface area contributed by atoms with Crippen LogP contribution in [-0.2, 0) is 14.2 Å². The lowest BCUT2D eigenvalue weighted by Gasteiger charge is -2.18. The smallest absolute Gasteiger partial charge is 0.104 e. The molecule has 0 heterocycles. The Bertz CT molecular complexity index is 460. The van der Waals surface area contributed by atoms with Gasteiger partial charge in [0.05, 0.1) is 13.2 Å². The number of unbranched alkanes of at least 4 members (excludes halogenated alkanes) is 26. The van der Waals surface area contributed by atoms with E-state index in [2.05, 4.69) is 26.1 Å². The van der Waals surface area contributed by atoms with Gasteiger partial charge in [0.1, 0.15) is 6.10 Å². The van der Waals surface area contributed by atoms with E-state index in [0.717, 1.165) is 39.3 Å². The molecule has 0 fully saturated rings. The SMILES string of the molecule is CCCCCCCCCCCCCCCCOCC(COCCCCCCCCCCCCCCCC)OCCCNCC.Cl. The van der Waals surface area contributed by atoms with E-state index < -0.39 is 0 Å². The second-order valence-corrected chi connectivity index (χ2v) is 13.5. The van der Waals surface area contributed by atoms with E-state index in [1.54, 1.807) is 0 Å². The van der Waals surface area contributed by atoms with Crippen LogP contribution in [0.25, 0.3) is 0 Å². The average molecular weight is 663 g/mol. The van der Waals surface area contributed by atoms with Crippen molar-refractivity contribution in [2.24, 2.45) is 0 Å². The van der Waals surface area contributed by atoms with Gasteiger partial charge in [0.25, 0.3) is 0 Å². The van der Waals surface area contributed by atoms with E-state index in [4.69, 9.17) is 14.2 Å². The molecule has 0 unspecified atom stereocenters. The molecule has 0 saturated heterocycles. The van der Waals surface area contributed by atoms with Crippen molar-refractivity contribution in [2.75, 3.05) is 46.1 Å². The number of hydrogen-bond acceptors (Lipinski definition) is 4. The Morgan fingerprint density at radius 1 is 0.378 bits per heavy atom. The van der Waals surface area contributed by atoms with Gasteiger partial charge in [-0.1, -0.05) is 188 Å². The highest BCUT2D eigenvalue weighted by molar-refractivity contribution is 5.85. The van der Waals surface area contributed by atoms with Crippen molar-refractivity contribution in [2.45, 2.75) is 213 Å². The second-order valence-electron chi connectivity index (χ2n) is 13.5. The Morgan fingerprint density at radius 2 is 0.689 bits per heavy atom. The first kappa shape index (κ1) is 47.2. The third-order valence-electron chi connectivity index (χ3n) is 8.99. The van der Waals surface area contributed by atoms with Crippen LogP contribution in [0.15, 0.2) is 0 Å². The molecule has 1 N–H and O–H groups in total. The fourth-order valence-corrected chi connectivity index (χ4v) is 6.00. The van der Waals surface area contributed by atoms with E-state index in [0.29, 0.717) is 13.2 Å². The lowest BCUT2D eigenvalue weighted by Crippen LogP contribution is -2.27. The van der Waals surface area contributed by atoms with Crippen molar-refractivity contribution in [3.63, 3.8) is 0 Å². The van der Waals surface area contributed by atoms with Crippen molar-refractivity contribution in [1.82, 2.24) is 5.32 Å². The van der Waals surface area contributed by atoms with Crippen molar-refractivity contribution >= 4 is 12.4 Å². The first-order valence-electron chi connectivity index (χ1n) is 20.3. The summed E-state index contributed by atoms with van der Waals surface area (Å²) in [5.41, 5.74) is 0. The Kier molecular flexibility index (Phi) is 46.3. The molecule has 0 radical (unpaired) electrons. The molecule has 0 aliphatic rings. The van der Waals surface area contributed by atoms with Crippen molar-refractivity contribution in [3.8, 4) is 0 Å². The minimum absolute atomic E-state index is 0. The zero-order valence-electron chi connectivity index (χ0n) is 31.2. The predicted octanol–water partition coefficient (Wildman–Crippen LogP) is 12.8. The van der Waals surface area contributed by atoms with Gasteiger partial charge in [0.15, 0.2) is 0 Å². The van der Waals surface area contributed by atoms with E-state index in [9.17, 15) is 0 Å². The standard InChI is InChI=1S/C40H83NO3.ClH/c1-4-7-9-11-13-15-17-19-21-23-25-27-29-31-35-42-38-40(44-37-33-34-41-6-3)39-43-36-32-30-28-26-24-22-20-18-16-14-12-10-8-5-2;/h40-41H,4-39H2,1-3H3;1H. The summed E-state index contributed by atoms with van der Waals surface area (Å²) in [6.07, 6.45) is 40.1. The summed E-state index contributed by atoms with van der Waals surface area (Å²) in [5, 5.41) is 3.38. The summed E-state index contributed by atoms with van der Waals surface area (Å²) in [6.45, 7) is 12.6. The lowest BCUT2D eigenvalue weighted by atomic mass is 10.0. The van der Waals surface area contributed by atoms with E-state index in [1.807, 2.05) is 0 Å². The highest BCUT2D eigenvalue weighted by atomic mass is 35.5. The van der Waals surface area contributed by atoms with Crippen molar-refractivity contribution in [1.29, 1.82) is 0 Å². The molecule has 0 aromatic carbocycles. The molecule has 0 aromatic heterocycles. The maximum atomic E-state index is 6.15. The van der Waals surface area contributed by atoms with E-state index in [1.165, 1.54) is 180 Å². The minimum atomic E-state index is 0. The Labute approximate surface area is 290 Å². The van der Waals surface area contributed by atoms with Gasteiger partial charge in [-0.05, 0) is 32.4 Å². The molecule has 0 atom stereocenters. The number of ether oxygens (including phenoxy) is 3. The van der Waals surface area contributed by atoms with Crippen molar-refractivity contribution in [3.05, 3.63) is 0 Å². The zero-order chi connectivity index (χ0) is 31.9. The first-order valence-corrected chi connectivity index (χ1v) is 20.3. The molecule has 5 heteroatoms. The Morgan fingerprint density at radius 3 is 1.00 bits per heavy atom. The van der Waals surface area contributed by atoms with E-state index in [-0.39, 0.29) is 18.5 Å². The van der Waals surface area contributed by atoms with Crippen LogP contribution >= 0.6 is 12.4 Å². The van der Waals surface area contributed by atoms with Crippen molar-refractivity contribution < 1.29 is 14.2 Å². The molecular formula is C40H84ClNO3. The van der Waals surface area contributed by atoms with Gasteiger partial charge in [-0.15, -0.1) is 12.4 Å². The van der Waals surface area contributed by atoms with Crippen LogP contribution < -0.4 is 5.32 Å². The number of halogens is 1. The molecule has 274 valence electrons. The summed E-state index contributed by atoms with van der Waals surface area (Å²) in [5.74, 6) is 0. The minimum Gasteiger partial charge on any atom is -0.379 e. The molecule has 45 heavy (non-hydrogen) atoms. The summed E-state index contributed by atoms with van der Waals surface area (Å²) >= 11 is 0. The van der Waals surface area contributed by atoms with Gasteiger partial charge >= 0.3 is 0 Å². The number of rotatable bonds is 40. The van der Waals surface area contributed by atoms with E-state index >= 15 is 0 Å². The molecule has 0 spiro atoms. The summed E-state index contributed by atoms with van der Waals surface area (Å²) < 4.78 is 18.2. The molecule has 0 aliphatic carbocycles. The molecule has 0 aromatic rings. The summed E-state index contributed by atoms with van der Waals surface area (Å²) in [4.78, 5) is 0. The zero-order valence-corrected chi connectivity index (χ0v) is 32.0. The maximum Gasteiger partial charge on any atom is 0.104 e. The number of hydrogen-bond donors (Lipinski definition) is 1. The van der Waals surface area contributed by atoms with Gasteiger partial charge in [-0.2, -0.15) is 0 Å². The van der Waals surface area contributed by atoms with Crippen LogP contribution in [0.5, 0.6) is 0 Å². The molecule has 0 aliphatic heterocycles. The number of nitrogens with one attached hydrogen (secondary N) is 1. The maximum absolute atomic E-state index is 6.15. The largest absolute Gasteiger partial charge is 0.379 e. The normalized spacial score (nSPS) is 11.5. The quantitative estimate of drug-likeness (QED) is 0.0663. The monoisotopic (exact) mass is 662 g/mol. The predicted molar refractivity (Wildman–Crippen MR) is 202 cm³/mol. The molecule has 0 rings (SSSR count). The second kappa shape index (κ2) is 44.1. The Balaban J connectivity index is 0. The fraction of sp³-hybridized carbons (Fsp3) is 1.00. The molecule has 4 nitrogen and oxygen atoms in total. The van der Waals surface area contributed by atoms with Gasteiger partial charge in [-0.3, -0.25) is 0 Å². The third-order valence-corrected chi connectivity index (χ3v) is 8.99. The average Bonchev–Trinajstić information content (AvgIpc) is 3.03. The van der Waals surface area contributed by atoms with Gasteiger partial charge in [0, 0.05) is 19.8 Å².